The molecular weight excluding hydrogens is 192 g/mol. The molecule has 0 fully saturated rings. The highest BCUT2D eigenvalue weighted by molar-refractivity contribution is 8.00. The molecule has 4 nitrogen and oxygen atoms in total. The fraction of sp³-hybridized carbons (Fsp3) is 0.750. The summed E-state index contributed by atoms with van der Waals surface area (Å²) in [5.74, 6) is -0.623. The van der Waals surface area contributed by atoms with Crippen molar-refractivity contribution >= 4 is 23.7 Å². The molecule has 0 aromatic rings. The minimum atomic E-state index is -0.822. The summed E-state index contributed by atoms with van der Waals surface area (Å²) in [4.78, 5) is 21.2. The lowest BCUT2D eigenvalue weighted by atomic mass is 10.3. The number of carboxylic acids is 1. The standard InChI is InChI=1S/C8H14O4S/c1-3-6(8(10)11)13-5-4-7(9)12-2/h6H,3-5H2,1-2H3,(H,10,11). The highest BCUT2D eigenvalue weighted by Gasteiger charge is 2.15. The van der Waals surface area contributed by atoms with Crippen LogP contribution in [0.25, 0.3) is 0 Å². The number of carbonyl (C=O) groups is 2. The van der Waals surface area contributed by atoms with Crippen LogP contribution < -0.4 is 0 Å². The predicted molar refractivity (Wildman–Crippen MR) is 50.8 cm³/mol. The lowest BCUT2D eigenvalue weighted by Crippen LogP contribution is -2.16. The van der Waals surface area contributed by atoms with Gasteiger partial charge >= 0.3 is 11.9 Å². The molecule has 0 spiro atoms. The molecule has 0 aliphatic rings. The van der Waals surface area contributed by atoms with E-state index in [-0.39, 0.29) is 12.4 Å². The number of carbonyl (C=O) groups excluding carboxylic acids is 1. The molecule has 0 rings (SSSR count). The molecule has 1 unspecified atom stereocenters. The number of aliphatic carboxylic acids is 1. The SMILES string of the molecule is CCC(SCCC(=O)OC)C(=O)O. The third kappa shape index (κ3) is 5.52. The highest BCUT2D eigenvalue weighted by Crippen LogP contribution is 2.15. The lowest BCUT2D eigenvalue weighted by Gasteiger charge is -2.07. The highest BCUT2D eigenvalue weighted by atomic mass is 32.2. The second kappa shape index (κ2) is 6.77. The van der Waals surface area contributed by atoms with E-state index in [9.17, 15) is 9.59 Å². The van der Waals surface area contributed by atoms with E-state index in [2.05, 4.69) is 4.74 Å². The Bertz CT molecular complexity index is 181. The molecule has 0 aliphatic carbocycles. The van der Waals surface area contributed by atoms with Crippen molar-refractivity contribution in [3.8, 4) is 0 Å². The number of thioether (sulfide) groups is 1. The molecule has 0 aliphatic heterocycles. The molecule has 0 bridgehead atoms. The number of esters is 1. The van der Waals surface area contributed by atoms with Crippen LogP contribution in [0.5, 0.6) is 0 Å². The first kappa shape index (κ1) is 12.3. The Morgan fingerprint density at radius 2 is 2.15 bits per heavy atom. The fourth-order valence-electron chi connectivity index (χ4n) is 0.750. The minimum absolute atomic E-state index is 0.269. The van der Waals surface area contributed by atoms with E-state index in [1.165, 1.54) is 18.9 Å². The van der Waals surface area contributed by atoms with Gasteiger partial charge in [0.15, 0.2) is 0 Å². The Morgan fingerprint density at radius 3 is 2.54 bits per heavy atom. The molecule has 1 atom stereocenters. The van der Waals surface area contributed by atoms with Crippen molar-refractivity contribution < 1.29 is 19.4 Å². The van der Waals surface area contributed by atoms with E-state index in [1.807, 2.05) is 6.92 Å². The van der Waals surface area contributed by atoms with Gasteiger partial charge in [0.2, 0.25) is 0 Å². The number of hydrogen-bond donors (Lipinski definition) is 1. The maximum absolute atomic E-state index is 10.7. The molecule has 0 heterocycles. The zero-order valence-electron chi connectivity index (χ0n) is 7.78. The van der Waals surface area contributed by atoms with Crippen LogP contribution in [0, 0.1) is 0 Å². The van der Waals surface area contributed by atoms with Crippen LogP contribution in [0.15, 0.2) is 0 Å². The molecule has 0 aromatic carbocycles. The average molecular weight is 206 g/mol. The van der Waals surface area contributed by atoms with Crippen LogP contribution >= 0.6 is 11.8 Å². The Labute approximate surface area is 81.6 Å². The molecule has 0 amide bonds. The summed E-state index contributed by atoms with van der Waals surface area (Å²) in [6.07, 6.45) is 0.839. The van der Waals surface area contributed by atoms with Gasteiger partial charge in [0.05, 0.1) is 13.5 Å². The smallest absolute Gasteiger partial charge is 0.316 e. The first-order valence-electron chi connectivity index (χ1n) is 4.03. The van der Waals surface area contributed by atoms with Gasteiger partial charge in [0.1, 0.15) is 5.25 Å². The molecule has 0 aromatic heterocycles. The molecule has 5 heteroatoms. The van der Waals surface area contributed by atoms with Crippen molar-refractivity contribution in [1.29, 1.82) is 0 Å². The number of methoxy groups -OCH3 is 1. The van der Waals surface area contributed by atoms with Crippen LogP contribution in [0.3, 0.4) is 0 Å². The second-order valence-corrected chi connectivity index (χ2v) is 3.74. The zero-order valence-corrected chi connectivity index (χ0v) is 8.60. The fourth-order valence-corrected chi connectivity index (χ4v) is 1.70. The van der Waals surface area contributed by atoms with Crippen molar-refractivity contribution in [2.75, 3.05) is 12.9 Å². The third-order valence-electron chi connectivity index (χ3n) is 1.50. The number of carboxylic acid groups (broad SMARTS) is 1. The van der Waals surface area contributed by atoms with Crippen LogP contribution in [0.2, 0.25) is 0 Å². The Balaban J connectivity index is 3.61. The number of rotatable bonds is 6. The summed E-state index contributed by atoms with van der Waals surface area (Å²) in [5, 5.41) is 8.25. The Kier molecular flexibility index (Phi) is 6.40. The van der Waals surface area contributed by atoms with Gasteiger partial charge in [0.25, 0.3) is 0 Å². The van der Waals surface area contributed by atoms with Crippen molar-refractivity contribution in [2.45, 2.75) is 25.0 Å². The molecule has 1 N–H and O–H groups in total. The summed E-state index contributed by atoms with van der Waals surface area (Å²) >= 11 is 1.27. The summed E-state index contributed by atoms with van der Waals surface area (Å²) in [7, 11) is 1.32. The van der Waals surface area contributed by atoms with E-state index in [0.29, 0.717) is 12.2 Å². The van der Waals surface area contributed by atoms with Gasteiger partial charge in [-0.25, -0.2) is 0 Å². The van der Waals surface area contributed by atoms with E-state index in [4.69, 9.17) is 5.11 Å². The molecule has 0 radical (unpaired) electrons. The first-order valence-corrected chi connectivity index (χ1v) is 5.07. The normalized spacial score (nSPS) is 12.2. The maximum atomic E-state index is 10.7. The van der Waals surface area contributed by atoms with E-state index in [1.54, 1.807) is 0 Å². The molecule has 0 saturated heterocycles. The number of hydrogen-bond acceptors (Lipinski definition) is 4. The molecule has 13 heavy (non-hydrogen) atoms. The zero-order chi connectivity index (χ0) is 10.3. The second-order valence-electron chi connectivity index (χ2n) is 2.43. The van der Waals surface area contributed by atoms with Gasteiger partial charge in [-0.3, -0.25) is 9.59 Å². The van der Waals surface area contributed by atoms with E-state index >= 15 is 0 Å². The molecule has 76 valence electrons. The summed E-state index contributed by atoms with van der Waals surface area (Å²) in [6, 6.07) is 0. The van der Waals surface area contributed by atoms with Gasteiger partial charge in [-0.15, -0.1) is 11.8 Å². The average Bonchev–Trinajstić information content (AvgIpc) is 2.11. The van der Waals surface area contributed by atoms with Crippen LogP contribution in [-0.2, 0) is 14.3 Å². The largest absolute Gasteiger partial charge is 0.480 e. The maximum Gasteiger partial charge on any atom is 0.316 e. The molecule has 0 saturated carbocycles. The first-order chi connectivity index (χ1) is 6.11. The van der Waals surface area contributed by atoms with Crippen LogP contribution in [0.4, 0.5) is 0 Å². The summed E-state index contributed by atoms with van der Waals surface area (Å²) < 4.78 is 4.43. The third-order valence-corrected chi connectivity index (χ3v) is 2.88. The van der Waals surface area contributed by atoms with Crippen LogP contribution in [0.1, 0.15) is 19.8 Å². The van der Waals surface area contributed by atoms with Gasteiger partial charge in [-0.2, -0.15) is 0 Å². The quantitative estimate of drug-likeness (QED) is 0.660. The lowest BCUT2D eigenvalue weighted by molar-refractivity contribution is -0.140. The topological polar surface area (TPSA) is 63.6 Å². The number of ether oxygens (including phenoxy) is 1. The van der Waals surface area contributed by atoms with Crippen molar-refractivity contribution in [1.82, 2.24) is 0 Å². The van der Waals surface area contributed by atoms with E-state index < -0.39 is 11.2 Å². The monoisotopic (exact) mass is 206 g/mol. The van der Waals surface area contributed by atoms with Crippen molar-refractivity contribution in [3.05, 3.63) is 0 Å². The summed E-state index contributed by atoms with van der Waals surface area (Å²) in [6.45, 7) is 1.81. The van der Waals surface area contributed by atoms with Gasteiger partial charge in [-0.05, 0) is 6.42 Å². The van der Waals surface area contributed by atoms with Gasteiger partial charge in [-0.1, -0.05) is 6.92 Å². The minimum Gasteiger partial charge on any atom is -0.480 e. The Morgan fingerprint density at radius 1 is 1.54 bits per heavy atom. The van der Waals surface area contributed by atoms with Gasteiger partial charge in [0, 0.05) is 5.75 Å². The Hall–Kier alpha value is -0.710. The van der Waals surface area contributed by atoms with E-state index in [0.717, 1.165) is 0 Å². The van der Waals surface area contributed by atoms with Crippen molar-refractivity contribution in [3.63, 3.8) is 0 Å². The summed E-state index contributed by atoms with van der Waals surface area (Å²) in [5.41, 5.74) is 0. The predicted octanol–water partition coefficient (Wildman–Crippen LogP) is 1.15. The van der Waals surface area contributed by atoms with Crippen LogP contribution in [-0.4, -0.2) is 35.2 Å². The van der Waals surface area contributed by atoms with Crippen molar-refractivity contribution in [2.24, 2.45) is 0 Å². The van der Waals surface area contributed by atoms with Gasteiger partial charge < -0.3 is 9.84 Å². The molecular formula is C8H14O4S.